The Kier molecular flexibility index (Phi) is 6.96. The number of carbonyl (C=O) groups is 2. The van der Waals surface area contributed by atoms with Gasteiger partial charge in [-0.2, -0.15) is 0 Å². The van der Waals surface area contributed by atoms with Gasteiger partial charge in [0.15, 0.2) is 11.5 Å². The average Bonchev–Trinajstić information content (AvgIpc) is 3.14. The molecule has 0 aromatic heterocycles. The molecule has 1 heterocycles. The van der Waals surface area contributed by atoms with Gasteiger partial charge in [0.1, 0.15) is 17.3 Å². The summed E-state index contributed by atoms with van der Waals surface area (Å²) < 4.78 is 29.8. The number of likely N-dealkylation sites (tertiary alicyclic amines) is 1. The Labute approximate surface area is 208 Å². The van der Waals surface area contributed by atoms with Crippen LogP contribution in [0.25, 0.3) is 5.76 Å². The highest BCUT2D eigenvalue weighted by molar-refractivity contribution is 6.46. The van der Waals surface area contributed by atoms with Crippen LogP contribution in [-0.4, -0.2) is 43.0 Å². The van der Waals surface area contributed by atoms with Gasteiger partial charge in [-0.25, -0.2) is 4.39 Å². The van der Waals surface area contributed by atoms with E-state index >= 15 is 0 Å². The zero-order chi connectivity index (χ0) is 26.0. The third kappa shape index (κ3) is 4.49. The maximum Gasteiger partial charge on any atom is 0.295 e. The fourth-order valence-electron chi connectivity index (χ4n) is 4.30. The van der Waals surface area contributed by atoms with Crippen molar-refractivity contribution in [2.45, 2.75) is 19.5 Å². The van der Waals surface area contributed by atoms with Crippen molar-refractivity contribution >= 4 is 17.4 Å². The van der Waals surface area contributed by atoms with Crippen LogP contribution < -0.4 is 14.2 Å². The fraction of sp³-hybridized carbons (Fsp3) is 0.214. The summed E-state index contributed by atoms with van der Waals surface area (Å²) in [6, 6.07) is 15.3. The molecule has 3 aromatic rings. The summed E-state index contributed by atoms with van der Waals surface area (Å²) in [6.07, 6.45) is 0. The van der Waals surface area contributed by atoms with Crippen molar-refractivity contribution in [3.05, 3.63) is 94.3 Å². The van der Waals surface area contributed by atoms with Crippen molar-refractivity contribution in [2.75, 3.05) is 21.3 Å². The van der Waals surface area contributed by atoms with E-state index in [0.29, 0.717) is 33.9 Å². The summed E-state index contributed by atoms with van der Waals surface area (Å²) >= 11 is 0. The minimum atomic E-state index is -0.880. The molecule has 0 bridgehead atoms. The normalized spacial score (nSPS) is 16.8. The topological polar surface area (TPSA) is 85.3 Å². The molecule has 186 valence electrons. The van der Waals surface area contributed by atoms with E-state index in [9.17, 15) is 19.1 Å². The Morgan fingerprint density at radius 3 is 2.22 bits per heavy atom. The molecule has 0 spiro atoms. The van der Waals surface area contributed by atoms with Gasteiger partial charge in [-0.1, -0.05) is 18.2 Å². The number of aliphatic hydroxyl groups excluding tert-OH is 1. The monoisotopic (exact) mass is 491 g/mol. The van der Waals surface area contributed by atoms with Gasteiger partial charge in [0.05, 0.1) is 32.9 Å². The van der Waals surface area contributed by atoms with Crippen LogP contribution in [-0.2, 0) is 16.1 Å². The second-order valence-corrected chi connectivity index (χ2v) is 8.35. The van der Waals surface area contributed by atoms with Gasteiger partial charge in [0, 0.05) is 12.1 Å². The van der Waals surface area contributed by atoms with Gasteiger partial charge in [0.2, 0.25) is 0 Å². The molecule has 4 rings (SSSR count). The fourth-order valence-corrected chi connectivity index (χ4v) is 4.30. The highest BCUT2D eigenvalue weighted by Gasteiger charge is 2.46. The largest absolute Gasteiger partial charge is 0.507 e. The highest BCUT2D eigenvalue weighted by atomic mass is 19.1. The number of aryl methyl sites for hydroxylation is 1. The SMILES string of the molecule is COc1ccc(C2/C(=C(/O)c3ccc(F)c(C)c3)C(=O)C(=O)N2Cc2ccc(OC)c(OC)c2)cc1. The lowest BCUT2D eigenvalue weighted by Crippen LogP contribution is -2.29. The zero-order valence-corrected chi connectivity index (χ0v) is 20.4. The first-order valence-electron chi connectivity index (χ1n) is 11.2. The van der Waals surface area contributed by atoms with Crippen LogP contribution in [0, 0.1) is 12.7 Å². The van der Waals surface area contributed by atoms with Crippen LogP contribution in [0.3, 0.4) is 0 Å². The van der Waals surface area contributed by atoms with Gasteiger partial charge in [-0.15, -0.1) is 0 Å². The molecule has 1 unspecified atom stereocenters. The number of methoxy groups -OCH3 is 3. The van der Waals surface area contributed by atoms with Gasteiger partial charge < -0.3 is 24.2 Å². The van der Waals surface area contributed by atoms with Crippen LogP contribution in [0.2, 0.25) is 0 Å². The number of nitrogens with zero attached hydrogens (tertiary/aromatic N) is 1. The van der Waals surface area contributed by atoms with Crippen molar-refractivity contribution in [3.63, 3.8) is 0 Å². The zero-order valence-electron chi connectivity index (χ0n) is 20.4. The molecule has 1 aliphatic rings. The Bertz CT molecular complexity index is 1350. The second-order valence-electron chi connectivity index (χ2n) is 8.35. The van der Waals surface area contributed by atoms with Gasteiger partial charge >= 0.3 is 0 Å². The molecule has 0 saturated carbocycles. The summed E-state index contributed by atoms with van der Waals surface area (Å²) in [5, 5.41) is 11.2. The predicted molar refractivity (Wildman–Crippen MR) is 132 cm³/mol. The first kappa shape index (κ1) is 24.8. The van der Waals surface area contributed by atoms with E-state index in [4.69, 9.17) is 14.2 Å². The smallest absolute Gasteiger partial charge is 0.295 e. The number of hydrogen-bond donors (Lipinski definition) is 1. The number of amides is 1. The number of rotatable bonds is 7. The number of halogens is 1. The second kappa shape index (κ2) is 10.1. The molecular formula is C28H26FNO6. The summed E-state index contributed by atoms with van der Waals surface area (Å²) in [5.41, 5.74) is 1.79. The minimum absolute atomic E-state index is 0.0703. The van der Waals surface area contributed by atoms with Crippen molar-refractivity contribution in [1.29, 1.82) is 0 Å². The third-order valence-corrected chi connectivity index (χ3v) is 6.20. The maximum absolute atomic E-state index is 13.9. The molecule has 8 heteroatoms. The molecule has 1 fully saturated rings. The molecule has 7 nitrogen and oxygen atoms in total. The first-order chi connectivity index (χ1) is 17.3. The number of ketones is 1. The number of benzene rings is 3. The van der Waals surface area contributed by atoms with Crippen molar-refractivity contribution < 1.29 is 33.3 Å². The molecule has 1 saturated heterocycles. The number of Topliss-reactive ketones (excluding diaryl/α,β-unsaturated/α-hetero) is 1. The van der Waals surface area contributed by atoms with Crippen LogP contribution in [0.5, 0.6) is 17.2 Å². The van der Waals surface area contributed by atoms with E-state index < -0.39 is 23.5 Å². The third-order valence-electron chi connectivity index (χ3n) is 6.20. The lowest BCUT2D eigenvalue weighted by Gasteiger charge is -2.26. The molecule has 0 radical (unpaired) electrons. The van der Waals surface area contributed by atoms with E-state index in [0.717, 1.165) is 0 Å². The van der Waals surface area contributed by atoms with E-state index in [2.05, 4.69) is 0 Å². The lowest BCUT2D eigenvalue weighted by molar-refractivity contribution is -0.140. The Hall–Kier alpha value is -4.33. The van der Waals surface area contributed by atoms with Crippen LogP contribution in [0.15, 0.2) is 66.2 Å². The first-order valence-corrected chi connectivity index (χ1v) is 11.2. The van der Waals surface area contributed by atoms with Gasteiger partial charge in [-0.05, 0) is 66.1 Å². The Morgan fingerprint density at radius 2 is 1.61 bits per heavy atom. The quantitative estimate of drug-likeness (QED) is 0.291. The van der Waals surface area contributed by atoms with Crippen molar-refractivity contribution in [3.8, 4) is 17.2 Å². The van der Waals surface area contributed by atoms with E-state index in [1.54, 1.807) is 49.4 Å². The Balaban J connectivity index is 1.84. The molecule has 0 aliphatic carbocycles. The standard InChI is InChI=1S/C28H26FNO6/c1-16-13-19(8-11-21(16)29)26(31)24-25(18-6-9-20(34-2)10-7-18)30(28(33)27(24)32)15-17-5-12-22(35-3)23(14-17)36-4/h5-14,25,31H,15H2,1-4H3/b26-24-. The summed E-state index contributed by atoms with van der Waals surface area (Å²) in [5.74, 6) is -0.776. The van der Waals surface area contributed by atoms with Crippen molar-refractivity contribution in [1.82, 2.24) is 4.90 Å². The number of aliphatic hydroxyl groups is 1. The van der Waals surface area contributed by atoms with E-state index in [1.807, 2.05) is 0 Å². The van der Waals surface area contributed by atoms with Crippen LogP contribution in [0.1, 0.15) is 28.3 Å². The van der Waals surface area contributed by atoms with Gasteiger partial charge in [-0.3, -0.25) is 9.59 Å². The Morgan fingerprint density at radius 1 is 0.917 bits per heavy atom. The molecular weight excluding hydrogens is 465 g/mol. The molecule has 36 heavy (non-hydrogen) atoms. The molecule has 1 atom stereocenters. The number of ether oxygens (including phenoxy) is 3. The maximum atomic E-state index is 13.9. The summed E-state index contributed by atoms with van der Waals surface area (Å²) in [7, 11) is 4.57. The number of hydrogen-bond acceptors (Lipinski definition) is 6. The van der Waals surface area contributed by atoms with Crippen LogP contribution in [0.4, 0.5) is 4.39 Å². The lowest BCUT2D eigenvalue weighted by atomic mass is 9.94. The molecule has 3 aromatic carbocycles. The number of carbonyl (C=O) groups excluding carboxylic acids is 2. The van der Waals surface area contributed by atoms with E-state index in [-0.39, 0.29) is 23.4 Å². The van der Waals surface area contributed by atoms with Crippen LogP contribution >= 0.6 is 0 Å². The molecule has 1 amide bonds. The molecule has 1 aliphatic heterocycles. The van der Waals surface area contributed by atoms with Gasteiger partial charge in [0.25, 0.3) is 11.7 Å². The average molecular weight is 492 g/mol. The predicted octanol–water partition coefficient (Wildman–Crippen LogP) is 4.78. The van der Waals surface area contributed by atoms with E-state index in [1.165, 1.54) is 44.4 Å². The highest BCUT2D eigenvalue weighted by Crippen LogP contribution is 2.41. The minimum Gasteiger partial charge on any atom is -0.507 e. The summed E-state index contributed by atoms with van der Waals surface area (Å²) in [4.78, 5) is 27.9. The summed E-state index contributed by atoms with van der Waals surface area (Å²) in [6.45, 7) is 1.63. The van der Waals surface area contributed by atoms with Crippen molar-refractivity contribution in [2.24, 2.45) is 0 Å². The molecule has 1 N–H and O–H groups in total.